The molecule has 1 aliphatic carbocycles. The number of carbonyl (C=O) groups is 1. The van der Waals surface area contributed by atoms with Gasteiger partial charge < -0.3 is 9.47 Å². The van der Waals surface area contributed by atoms with E-state index in [0.717, 1.165) is 0 Å². The summed E-state index contributed by atoms with van der Waals surface area (Å²) in [5.74, 6) is -0.746. The monoisotopic (exact) mass is 578 g/mol. The first-order valence-corrected chi connectivity index (χ1v) is 12.3. The Morgan fingerprint density at radius 3 is 2.46 bits per heavy atom. The fourth-order valence-corrected chi connectivity index (χ4v) is 4.82. The van der Waals surface area contributed by atoms with Crippen molar-refractivity contribution >= 4 is 27.8 Å². The fraction of sp³-hybridized carbons (Fsp3) is 0.385. The van der Waals surface area contributed by atoms with Crippen LogP contribution in [0.2, 0.25) is 0 Å². The topological polar surface area (TPSA) is 77.4 Å². The van der Waals surface area contributed by atoms with Gasteiger partial charge in [0.2, 0.25) is 0 Å². The molecule has 0 unspecified atom stereocenters. The maximum absolute atomic E-state index is 14.7. The number of hydrogen-bond donors (Lipinski definition) is 0. The minimum Gasteiger partial charge on any atom is -0.495 e. The number of rotatable bonds is 6. The highest BCUT2D eigenvalue weighted by molar-refractivity contribution is 9.10. The largest absolute Gasteiger partial charge is 0.495 e. The van der Waals surface area contributed by atoms with Gasteiger partial charge in [-0.15, -0.1) is 10.2 Å². The maximum atomic E-state index is 14.7. The smallest absolute Gasteiger partial charge is 0.416 e. The average Bonchev–Trinajstić information content (AvgIpc) is 2.81. The third kappa shape index (κ3) is 5.71. The maximum Gasteiger partial charge on any atom is 0.416 e. The molecule has 0 atom stereocenters. The Labute approximate surface area is 221 Å². The van der Waals surface area contributed by atoms with Gasteiger partial charge >= 0.3 is 6.09 Å². The number of ether oxygens (including phenoxy) is 2. The number of methoxy groups -OCH3 is 1. The van der Waals surface area contributed by atoms with Crippen LogP contribution >= 0.6 is 15.9 Å². The zero-order valence-electron chi connectivity index (χ0n) is 20.8. The van der Waals surface area contributed by atoms with Crippen LogP contribution in [0.5, 0.6) is 5.75 Å². The van der Waals surface area contributed by atoms with Crippen molar-refractivity contribution in [2.75, 3.05) is 18.6 Å². The quantitative estimate of drug-likeness (QED) is 0.337. The van der Waals surface area contributed by atoms with E-state index >= 15 is 0 Å². The summed E-state index contributed by atoms with van der Waals surface area (Å²) in [5, 5.41) is 8.27. The van der Waals surface area contributed by atoms with E-state index in [1.165, 1.54) is 54.6 Å². The number of amides is 1. The van der Waals surface area contributed by atoms with Crippen molar-refractivity contribution in [1.29, 1.82) is 0 Å². The number of alkyl halides is 1. The molecule has 2 aromatic heterocycles. The van der Waals surface area contributed by atoms with Crippen molar-refractivity contribution in [3.8, 4) is 17.0 Å². The molecule has 0 bridgehead atoms. The second-order valence-corrected chi connectivity index (χ2v) is 10.8. The number of nitrogens with zero attached hydrogens (tertiary/aromatic N) is 4. The van der Waals surface area contributed by atoms with E-state index in [9.17, 15) is 18.0 Å². The minimum atomic E-state index is -1.16. The first-order valence-electron chi connectivity index (χ1n) is 11.6. The molecular weight excluding hydrogens is 553 g/mol. The number of benzene rings is 1. The predicted molar refractivity (Wildman–Crippen MR) is 135 cm³/mol. The van der Waals surface area contributed by atoms with E-state index < -0.39 is 34.9 Å². The van der Waals surface area contributed by atoms with Crippen LogP contribution in [0.15, 0.2) is 47.1 Å². The highest BCUT2D eigenvalue weighted by Gasteiger charge is 2.51. The molecule has 0 spiro atoms. The lowest BCUT2D eigenvalue weighted by molar-refractivity contribution is 0.0507. The summed E-state index contributed by atoms with van der Waals surface area (Å²) in [5.41, 5.74) is -1.46. The standard InChI is InChI=1S/C26H26BrF3N4O3/c1-25(2,3)37-24(35)34(14-26(12-15(28)13-26)23-18(29)6-5-9-31-23)22-8-7-20(32-33-22)16-10-17(27)21(36-4)11-19(16)30/h5-11,15H,12-14H2,1-4H3. The number of aromatic nitrogens is 3. The number of carbonyl (C=O) groups excluding carboxylic acids is 1. The highest BCUT2D eigenvalue weighted by atomic mass is 79.9. The lowest BCUT2D eigenvalue weighted by Gasteiger charge is -2.46. The molecule has 0 aliphatic heterocycles. The van der Waals surface area contributed by atoms with Gasteiger partial charge in [-0.25, -0.2) is 18.0 Å². The highest BCUT2D eigenvalue weighted by Crippen LogP contribution is 2.47. The molecule has 7 nitrogen and oxygen atoms in total. The molecule has 2 heterocycles. The van der Waals surface area contributed by atoms with Gasteiger partial charge in [0, 0.05) is 29.8 Å². The van der Waals surface area contributed by atoms with Gasteiger partial charge in [0.15, 0.2) is 5.82 Å². The molecule has 11 heteroatoms. The Morgan fingerprint density at radius 1 is 1.16 bits per heavy atom. The molecule has 4 rings (SSSR count). The Hall–Kier alpha value is -3.21. The summed E-state index contributed by atoms with van der Waals surface area (Å²) in [6, 6.07) is 8.42. The third-order valence-corrected chi connectivity index (χ3v) is 6.62. The molecule has 0 N–H and O–H groups in total. The first-order chi connectivity index (χ1) is 17.4. The summed E-state index contributed by atoms with van der Waals surface area (Å²) in [6.45, 7) is 4.98. The van der Waals surface area contributed by atoms with Crippen LogP contribution in [0.1, 0.15) is 39.3 Å². The molecule has 0 radical (unpaired) electrons. The second-order valence-electron chi connectivity index (χ2n) is 9.93. The van der Waals surface area contributed by atoms with Crippen LogP contribution < -0.4 is 9.64 Å². The fourth-order valence-electron chi connectivity index (χ4n) is 4.31. The molecule has 1 amide bonds. The average molecular weight is 579 g/mol. The summed E-state index contributed by atoms with van der Waals surface area (Å²) >= 11 is 3.33. The molecule has 37 heavy (non-hydrogen) atoms. The second kappa shape index (κ2) is 10.3. The Bertz CT molecular complexity index is 1300. The predicted octanol–water partition coefficient (Wildman–Crippen LogP) is 6.40. The van der Waals surface area contributed by atoms with Gasteiger partial charge in [-0.1, -0.05) is 0 Å². The van der Waals surface area contributed by atoms with E-state index in [4.69, 9.17) is 9.47 Å². The van der Waals surface area contributed by atoms with Crippen LogP contribution in [0, 0.1) is 11.6 Å². The Morgan fingerprint density at radius 2 is 1.89 bits per heavy atom. The first kappa shape index (κ1) is 26.8. The van der Waals surface area contributed by atoms with E-state index in [2.05, 4.69) is 31.1 Å². The lowest BCUT2D eigenvalue weighted by atomic mass is 9.64. The minimum absolute atomic E-state index is 0.0170. The van der Waals surface area contributed by atoms with Crippen LogP contribution in [0.3, 0.4) is 0 Å². The third-order valence-electron chi connectivity index (χ3n) is 6.00. The van der Waals surface area contributed by atoms with Crippen LogP contribution in [-0.2, 0) is 10.2 Å². The Balaban J connectivity index is 1.71. The molecule has 1 aliphatic rings. The molecule has 1 saturated carbocycles. The van der Waals surface area contributed by atoms with Crippen molar-refractivity contribution in [3.05, 3.63) is 64.4 Å². The van der Waals surface area contributed by atoms with Crippen molar-refractivity contribution in [2.24, 2.45) is 0 Å². The SMILES string of the molecule is COc1cc(F)c(-c2ccc(N(CC3(c4ncccc4F)CC(F)C3)C(=O)OC(C)(C)C)nn2)cc1Br. The van der Waals surface area contributed by atoms with E-state index in [1.807, 2.05) is 0 Å². The zero-order valence-corrected chi connectivity index (χ0v) is 22.4. The Kier molecular flexibility index (Phi) is 7.45. The number of pyridine rings is 1. The van der Waals surface area contributed by atoms with E-state index in [0.29, 0.717) is 10.2 Å². The molecular formula is C26H26BrF3N4O3. The van der Waals surface area contributed by atoms with Crippen molar-refractivity contribution in [1.82, 2.24) is 15.2 Å². The number of halogens is 4. The van der Waals surface area contributed by atoms with E-state index in [-0.39, 0.29) is 42.2 Å². The van der Waals surface area contributed by atoms with Gasteiger partial charge in [0.05, 0.1) is 23.0 Å². The van der Waals surface area contributed by atoms with Gasteiger partial charge in [-0.05, 0) is 79.9 Å². The molecule has 1 aromatic carbocycles. The molecule has 3 aromatic rings. The van der Waals surface area contributed by atoms with Crippen molar-refractivity contribution in [2.45, 2.75) is 50.8 Å². The normalized spacial score (nSPS) is 19.2. The summed E-state index contributed by atoms with van der Waals surface area (Å²) in [7, 11) is 1.43. The van der Waals surface area contributed by atoms with Crippen LogP contribution in [0.4, 0.5) is 23.8 Å². The van der Waals surface area contributed by atoms with Gasteiger partial charge in [0.1, 0.15) is 29.2 Å². The van der Waals surface area contributed by atoms with Crippen molar-refractivity contribution in [3.63, 3.8) is 0 Å². The number of hydrogen-bond acceptors (Lipinski definition) is 6. The number of anilines is 1. The van der Waals surface area contributed by atoms with Crippen LogP contribution in [-0.4, -0.2) is 46.7 Å². The van der Waals surface area contributed by atoms with E-state index in [1.54, 1.807) is 20.8 Å². The summed E-state index contributed by atoms with van der Waals surface area (Å²) in [6.07, 6.45) is -0.523. The summed E-state index contributed by atoms with van der Waals surface area (Å²) in [4.78, 5) is 18.6. The van der Waals surface area contributed by atoms with Gasteiger partial charge in [0.25, 0.3) is 0 Å². The molecule has 0 saturated heterocycles. The van der Waals surface area contributed by atoms with Gasteiger partial charge in [-0.2, -0.15) is 0 Å². The van der Waals surface area contributed by atoms with Gasteiger partial charge in [-0.3, -0.25) is 9.88 Å². The van der Waals surface area contributed by atoms with Crippen LogP contribution in [0.25, 0.3) is 11.3 Å². The summed E-state index contributed by atoms with van der Waals surface area (Å²) < 4.78 is 54.8. The zero-order chi connectivity index (χ0) is 27.0. The van der Waals surface area contributed by atoms with Crippen molar-refractivity contribution < 1.29 is 27.4 Å². The molecule has 196 valence electrons. The lowest BCUT2D eigenvalue weighted by Crippen LogP contribution is -2.54. The molecule has 1 fully saturated rings.